The lowest BCUT2D eigenvalue weighted by atomic mass is 9.90. The van der Waals surface area contributed by atoms with Crippen LogP contribution < -0.4 is 5.32 Å². The molecule has 1 nitrogen and oxygen atoms in total. The summed E-state index contributed by atoms with van der Waals surface area (Å²) in [6, 6.07) is 0.793. The molecule has 10 heavy (non-hydrogen) atoms. The van der Waals surface area contributed by atoms with Crippen molar-refractivity contribution in [2.24, 2.45) is 5.41 Å². The Morgan fingerprint density at radius 2 is 2.00 bits per heavy atom. The molecule has 1 unspecified atom stereocenters. The van der Waals surface area contributed by atoms with Crippen LogP contribution in [0.3, 0.4) is 0 Å². The van der Waals surface area contributed by atoms with Gasteiger partial charge in [0.2, 0.25) is 0 Å². The average Bonchev–Trinajstić information content (AvgIpc) is 2.49. The maximum absolute atomic E-state index is 3.48. The maximum Gasteiger partial charge on any atom is 0.00440 e. The summed E-state index contributed by atoms with van der Waals surface area (Å²) in [6.45, 7) is 3.57. The molecule has 1 aliphatic heterocycles. The van der Waals surface area contributed by atoms with Gasteiger partial charge in [-0.15, -0.1) is 12.4 Å². The fourth-order valence-corrected chi connectivity index (χ4v) is 2.04. The van der Waals surface area contributed by atoms with Crippen molar-refractivity contribution in [3.05, 3.63) is 0 Å². The fourth-order valence-electron chi connectivity index (χ4n) is 2.04. The maximum atomic E-state index is 3.48. The zero-order valence-electron chi connectivity index (χ0n) is 6.52. The molecule has 1 spiro atoms. The van der Waals surface area contributed by atoms with Gasteiger partial charge in [0, 0.05) is 6.04 Å². The van der Waals surface area contributed by atoms with E-state index in [0.29, 0.717) is 0 Å². The third-order valence-corrected chi connectivity index (χ3v) is 2.84. The lowest BCUT2D eigenvalue weighted by Crippen LogP contribution is -2.36. The van der Waals surface area contributed by atoms with E-state index in [4.69, 9.17) is 0 Å². The van der Waals surface area contributed by atoms with Crippen molar-refractivity contribution in [2.45, 2.75) is 38.6 Å². The largest absolute Gasteiger partial charge is 0.314 e. The summed E-state index contributed by atoms with van der Waals surface area (Å²) in [5, 5.41) is 3.48. The Bertz CT molecular complexity index is 120. The first-order chi connectivity index (χ1) is 4.31. The average molecular weight is 162 g/mol. The molecule has 1 aliphatic carbocycles. The summed E-state index contributed by atoms with van der Waals surface area (Å²) in [6.07, 6.45) is 5.91. The molecule has 0 aromatic rings. The van der Waals surface area contributed by atoms with Crippen LogP contribution in [0.5, 0.6) is 0 Å². The van der Waals surface area contributed by atoms with Crippen LogP contribution in [0.15, 0.2) is 0 Å². The van der Waals surface area contributed by atoms with E-state index < -0.39 is 0 Å². The summed E-state index contributed by atoms with van der Waals surface area (Å²) >= 11 is 0. The van der Waals surface area contributed by atoms with Gasteiger partial charge in [0.05, 0.1) is 0 Å². The van der Waals surface area contributed by atoms with E-state index >= 15 is 0 Å². The quantitative estimate of drug-likeness (QED) is 0.573. The molecular formula is C8H16ClN. The fraction of sp³-hybridized carbons (Fsp3) is 1.00. The number of rotatable bonds is 0. The van der Waals surface area contributed by atoms with Crippen molar-refractivity contribution in [1.29, 1.82) is 0 Å². The Balaban J connectivity index is 0.000000500. The van der Waals surface area contributed by atoms with Crippen LogP contribution in [-0.4, -0.2) is 12.6 Å². The van der Waals surface area contributed by atoms with E-state index in [1.165, 1.54) is 32.2 Å². The third kappa shape index (κ3) is 1.46. The normalized spacial score (nSPS) is 35.1. The van der Waals surface area contributed by atoms with Crippen LogP contribution in [0, 0.1) is 5.41 Å². The lowest BCUT2D eigenvalue weighted by Gasteiger charge is -2.27. The topological polar surface area (TPSA) is 12.0 Å². The number of hydrogen-bond acceptors (Lipinski definition) is 1. The molecule has 0 amide bonds. The van der Waals surface area contributed by atoms with Crippen molar-refractivity contribution >= 4 is 12.4 Å². The summed E-state index contributed by atoms with van der Waals surface area (Å²) < 4.78 is 0. The molecule has 0 aromatic carbocycles. The van der Waals surface area contributed by atoms with Gasteiger partial charge in [-0.2, -0.15) is 0 Å². The highest BCUT2D eigenvalue weighted by Crippen LogP contribution is 2.53. The van der Waals surface area contributed by atoms with E-state index in [-0.39, 0.29) is 12.4 Å². The zero-order chi connectivity index (χ0) is 6.32. The Hall–Kier alpha value is 0.250. The molecule has 1 heterocycles. The van der Waals surface area contributed by atoms with Crippen LogP contribution in [-0.2, 0) is 0 Å². The second kappa shape index (κ2) is 2.71. The molecular weight excluding hydrogens is 146 g/mol. The minimum Gasteiger partial charge on any atom is -0.314 e. The van der Waals surface area contributed by atoms with Crippen LogP contribution in [0.1, 0.15) is 32.6 Å². The highest BCUT2D eigenvalue weighted by atomic mass is 35.5. The van der Waals surface area contributed by atoms with E-state index in [2.05, 4.69) is 12.2 Å². The van der Waals surface area contributed by atoms with E-state index in [0.717, 1.165) is 11.5 Å². The zero-order valence-corrected chi connectivity index (χ0v) is 7.34. The molecule has 0 aromatic heterocycles. The molecule has 0 radical (unpaired) electrons. The molecule has 2 heteroatoms. The Morgan fingerprint density at radius 1 is 1.30 bits per heavy atom. The highest BCUT2D eigenvalue weighted by molar-refractivity contribution is 5.85. The summed E-state index contributed by atoms with van der Waals surface area (Å²) in [7, 11) is 0. The van der Waals surface area contributed by atoms with E-state index in [9.17, 15) is 0 Å². The predicted octanol–water partition coefficient (Wildman–Crippen LogP) is 1.96. The van der Waals surface area contributed by atoms with E-state index in [1.54, 1.807) is 0 Å². The standard InChI is InChI=1S/C8H15N.ClH/c1-7-6-8(2-3-8)4-5-9-7;/h7,9H,2-6H2,1H3;1H. The smallest absolute Gasteiger partial charge is 0.00440 e. The first-order valence-electron chi connectivity index (χ1n) is 4.04. The van der Waals surface area contributed by atoms with Crippen LogP contribution >= 0.6 is 12.4 Å². The van der Waals surface area contributed by atoms with Crippen LogP contribution in [0.4, 0.5) is 0 Å². The molecule has 1 N–H and O–H groups in total. The van der Waals surface area contributed by atoms with Gasteiger partial charge < -0.3 is 5.32 Å². The van der Waals surface area contributed by atoms with Gasteiger partial charge in [0.15, 0.2) is 0 Å². The van der Waals surface area contributed by atoms with Crippen molar-refractivity contribution in [1.82, 2.24) is 5.32 Å². The van der Waals surface area contributed by atoms with Gasteiger partial charge in [0.25, 0.3) is 0 Å². The van der Waals surface area contributed by atoms with Gasteiger partial charge in [-0.3, -0.25) is 0 Å². The van der Waals surface area contributed by atoms with Crippen molar-refractivity contribution in [3.63, 3.8) is 0 Å². The Labute approximate surface area is 69.0 Å². The highest BCUT2D eigenvalue weighted by Gasteiger charge is 2.44. The lowest BCUT2D eigenvalue weighted by molar-refractivity contribution is 0.296. The SMILES string of the molecule is CC1CC2(CCN1)CC2.Cl. The first kappa shape index (κ1) is 8.35. The molecule has 2 rings (SSSR count). The molecule has 60 valence electrons. The molecule has 0 bridgehead atoms. The van der Waals surface area contributed by atoms with Gasteiger partial charge in [-0.1, -0.05) is 0 Å². The van der Waals surface area contributed by atoms with Crippen molar-refractivity contribution in [2.75, 3.05) is 6.54 Å². The number of hydrogen-bond donors (Lipinski definition) is 1. The van der Waals surface area contributed by atoms with Crippen molar-refractivity contribution < 1.29 is 0 Å². The number of nitrogens with one attached hydrogen (secondary N) is 1. The Kier molecular flexibility index (Phi) is 2.26. The van der Waals surface area contributed by atoms with Crippen molar-refractivity contribution in [3.8, 4) is 0 Å². The number of halogens is 1. The second-order valence-corrected chi connectivity index (χ2v) is 3.81. The minimum absolute atomic E-state index is 0. The summed E-state index contributed by atoms with van der Waals surface area (Å²) in [5.41, 5.74) is 0.838. The monoisotopic (exact) mass is 161 g/mol. The predicted molar refractivity (Wildman–Crippen MR) is 45.6 cm³/mol. The molecule has 2 aliphatic rings. The Morgan fingerprint density at radius 3 is 2.40 bits per heavy atom. The molecule has 1 saturated carbocycles. The van der Waals surface area contributed by atoms with E-state index in [1.807, 2.05) is 0 Å². The molecule has 1 atom stereocenters. The van der Waals surface area contributed by atoms with Crippen LogP contribution in [0.25, 0.3) is 0 Å². The minimum atomic E-state index is 0. The summed E-state index contributed by atoms with van der Waals surface area (Å²) in [5.74, 6) is 0. The van der Waals surface area contributed by atoms with Gasteiger partial charge >= 0.3 is 0 Å². The summed E-state index contributed by atoms with van der Waals surface area (Å²) in [4.78, 5) is 0. The van der Waals surface area contributed by atoms with Gasteiger partial charge in [-0.25, -0.2) is 0 Å². The second-order valence-electron chi connectivity index (χ2n) is 3.81. The van der Waals surface area contributed by atoms with Crippen LogP contribution in [0.2, 0.25) is 0 Å². The third-order valence-electron chi connectivity index (χ3n) is 2.84. The molecule has 1 saturated heterocycles. The first-order valence-corrected chi connectivity index (χ1v) is 4.04. The number of piperidine rings is 1. The molecule has 2 fully saturated rings. The van der Waals surface area contributed by atoms with Gasteiger partial charge in [-0.05, 0) is 44.6 Å². The van der Waals surface area contributed by atoms with Gasteiger partial charge in [0.1, 0.15) is 0 Å².